The number of hydrogen-bond acceptors (Lipinski definition) is 2. The Morgan fingerprint density at radius 3 is 2.11 bits per heavy atom. The Balaban J connectivity index is 0.00000289. The van der Waals surface area contributed by atoms with Crippen LogP contribution in [0, 0.1) is 12.8 Å². The molecule has 3 N–H and O–H groups in total. The largest absolute Gasteiger partial charge is 0.348 e. The number of amides is 1. The Morgan fingerprint density at radius 2 is 1.67 bits per heavy atom. The number of nitrogens with two attached hydrogens (primary N) is 1. The fraction of sp³-hybridized carbons (Fsp3) is 0.500. The minimum Gasteiger partial charge on any atom is -0.348 e. The minimum atomic E-state index is -0.442. The average Bonchev–Trinajstić information content (AvgIpc) is 2.28. The molecule has 0 saturated carbocycles. The summed E-state index contributed by atoms with van der Waals surface area (Å²) in [6, 6.07) is 7.69. The molecule has 1 aromatic rings. The Bertz CT molecular complexity index is 376. The second-order valence-corrected chi connectivity index (χ2v) is 4.91. The SMILES string of the molecule is Cc1ccc(C(C)NC(=O)[C@H](N)C(C)C)cc1.Cl. The van der Waals surface area contributed by atoms with E-state index in [-0.39, 0.29) is 30.3 Å². The van der Waals surface area contributed by atoms with Gasteiger partial charge in [-0.2, -0.15) is 0 Å². The molecule has 0 fully saturated rings. The van der Waals surface area contributed by atoms with Crippen molar-refractivity contribution in [1.82, 2.24) is 5.32 Å². The van der Waals surface area contributed by atoms with Gasteiger partial charge in [-0.05, 0) is 25.3 Å². The van der Waals surface area contributed by atoms with E-state index in [1.807, 2.05) is 52.0 Å². The van der Waals surface area contributed by atoms with Gasteiger partial charge < -0.3 is 11.1 Å². The van der Waals surface area contributed by atoms with Crippen LogP contribution in [-0.2, 0) is 4.79 Å². The molecule has 1 rings (SSSR count). The molecule has 0 saturated heterocycles. The fourth-order valence-corrected chi connectivity index (χ4v) is 1.55. The predicted octanol–water partition coefficient (Wildman–Crippen LogP) is 2.58. The summed E-state index contributed by atoms with van der Waals surface area (Å²) < 4.78 is 0. The Kier molecular flexibility index (Phi) is 6.96. The van der Waals surface area contributed by atoms with E-state index in [0.717, 1.165) is 5.56 Å². The van der Waals surface area contributed by atoms with Crippen molar-refractivity contribution in [3.8, 4) is 0 Å². The molecular weight excluding hydrogens is 248 g/mol. The van der Waals surface area contributed by atoms with Crippen molar-refractivity contribution in [2.24, 2.45) is 11.7 Å². The van der Waals surface area contributed by atoms with E-state index in [4.69, 9.17) is 5.73 Å². The molecule has 2 atom stereocenters. The standard InChI is InChI=1S/C14H22N2O.ClH/c1-9(2)13(15)14(17)16-11(4)12-7-5-10(3)6-8-12;/h5-9,11,13H,15H2,1-4H3,(H,16,17);1H/t11?,13-;/m1./s1. The van der Waals surface area contributed by atoms with Gasteiger partial charge in [0.1, 0.15) is 0 Å². The van der Waals surface area contributed by atoms with Crippen LogP contribution in [0.15, 0.2) is 24.3 Å². The molecule has 4 heteroatoms. The zero-order valence-electron chi connectivity index (χ0n) is 11.4. The average molecular weight is 271 g/mol. The van der Waals surface area contributed by atoms with Crippen LogP contribution in [0.3, 0.4) is 0 Å². The highest BCUT2D eigenvalue weighted by Crippen LogP contribution is 2.13. The van der Waals surface area contributed by atoms with Gasteiger partial charge in [0.05, 0.1) is 12.1 Å². The van der Waals surface area contributed by atoms with Crippen LogP contribution in [0.2, 0.25) is 0 Å². The van der Waals surface area contributed by atoms with Crippen LogP contribution in [0.5, 0.6) is 0 Å². The molecule has 0 spiro atoms. The molecule has 0 radical (unpaired) electrons. The smallest absolute Gasteiger partial charge is 0.237 e. The lowest BCUT2D eigenvalue weighted by Crippen LogP contribution is -2.44. The second-order valence-electron chi connectivity index (χ2n) is 4.91. The molecule has 0 aliphatic carbocycles. The van der Waals surface area contributed by atoms with E-state index < -0.39 is 6.04 Å². The molecule has 0 heterocycles. The first kappa shape index (κ1) is 16.9. The van der Waals surface area contributed by atoms with Crippen molar-refractivity contribution < 1.29 is 4.79 Å². The molecule has 1 amide bonds. The summed E-state index contributed by atoms with van der Waals surface area (Å²) in [4.78, 5) is 11.8. The van der Waals surface area contributed by atoms with Crippen LogP contribution in [0.25, 0.3) is 0 Å². The molecule has 3 nitrogen and oxygen atoms in total. The van der Waals surface area contributed by atoms with Crippen molar-refractivity contribution >= 4 is 18.3 Å². The summed E-state index contributed by atoms with van der Waals surface area (Å²) in [5, 5.41) is 2.93. The third-order valence-electron chi connectivity index (χ3n) is 2.96. The van der Waals surface area contributed by atoms with Gasteiger partial charge in [0.2, 0.25) is 5.91 Å². The lowest BCUT2D eigenvalue weighted by atomic mass is 10.0. The van der Waals surface area contributed by atoms with Crippen molar-refractivity contribution in [2.45, 2.75) is 39.8 Å². The molecular formula is C14H23ClN2O. The number of hydrogen-bond donors (Lipinski definition) is 2. The lowest BCUT2D eigenvalue weighted by molar-refractivity contribution is -0.123. The number of benzene rings is 1. The van der Waals surface area contributed by atoms with Gasteiger partial charge in [0.15, 0.2) is 0 Å². The number of aryl methyl sites for hydroxylation is 1. The van der Waals surface area contributed by atoms with Crippen LogP contribution in [0.1, 0.15) is 37.9 Å². The Hall–Kier alpha value is -1.06. The van der Waals surface area contributed by atoms with Crippen molar-refractivity contribution in [1.29, 1.82) is 0 Å². The molecule has 0 aliphatic rings. The van der Waals surface area contributed by atoms with Crippen LogP contribution in [-0.4, -0.2) is 11.9 Å². The zero-order valence-corrected chi connectivity index (χ0v) is 12.3. The molecule has 18 heavy (non-hydrogen) atoms. The Labute approximate surface area is 116 Å². The molecule has 0 aliphatic heterocycles. The van der Waals surface area contributed by atoms with Gasteiger partial charge in [-0.3, -0.25) is 4.79 Å². The maximum absolute atomic E-state index is 11.8. The van der Waals surface area contributed by atoms with Crippen LogP contribution in [0.4, 0.5) is 0 Å². The highest BCUT2D eigenvalue weighted by atomic mass is 35.5. The van der Waals surface area contributed by atoms with E-state index in [2.05, 4.69) is 5.32 Å². The first-order valence-corrected chi connectivity index (χ1v) is 6.04. The quantitative estimate of drug-likeness (QED) is 0.884. The number of nitrogens with one attached hydrogen (secondary N) is 1. The lowest BCUT2D eigenvalue weighted by Gasteiger charge is -2.20. The summed E-state index contributed by atoms with van der Waals surface area (Å²) in [5.41, 5.74) is 8.11. The fourth-order valence-electron chi connectivity index (χ4n) is 1.55. The normalized spacial score (nSPS) is 13.7. The minimum absolute atomic E-state index is 0. The Morgan fingerprint density at radius 1 is 1.17 bits per heavy atom. The summed E-state index contributed by atoms with van der Waals surface area (Å²) in [5.74, 6) is 0.0632. The molecule has 1 unspecified atom stereocenters. The van der Waals surface area contributed by atoms with Gasteiger partial charge in [0, 0.05) is 0 Å². The number of rotatable bonds is 4. The molecule has 0 aromatic heterocycles. The maximum atomic E-state index is 11.8. The highest BCUT2D eigenvalue weighted by molar-refractivity contribution is 5.85. The van der Waals surface area contributed by atoms with E-state index in [0.29, 0.717) is 0 Å². The maximum Gasteiger partial charge on any atom is 0.237 e. The third-order valence-corrected chi connectivity index (χ3v) is 2.96. The van der Waals surface area contributed by atoms with E-state index in [9.17, 15) is 4.79 Å². The second kappa shape index (κ2) is 7.39. The predicted molar refractivity (Wildman–Crippen MR) is 77.8 cm³/mol. The first-order chi connectivity index (χ1) is 7.91. The van der Waals surface area contributed by atoms with Crippen molar-refractivity contribution in [3.05, 3.63) is 35.4 Å². The zero-order chi connectivity index (χ0) is 13.0. The summed E-state index contributed by atoms with van der Waals surface area (Å²) in [7, 11) is 0. The summed E-state index contributed by atoms with van der Waals surface area (Å²) in [6.45, 7) is 7.90. The number of halogens is 1. The van der Waals surface area contributed by atoms with Crippen LogP contribution >= 0.6 is 12.4 Å². The number of carbonyl (C=O) groups is 1. The highest BCUT2D eigenvalue weighted by Gasteiger charge is 2.19. The first-order valence-electron chi connectivity index (χ1n) is 6.04. The molecule has 102 valence electrons. The summed E-state index contributed by atoms with van der Waals surface area (Å²) >= 11 is 0. The van der Waals surface area contributed by atoms with E-state index >= 15 is 0 Å². The monoisotopic (exact) mass is 270 g/mol. The number of carbonyl (C=O) groups excluding carboxylic acids is 1. The van der Waals surface area contributed by atoms with Gasteiger partial charge >= 0.3 is 0 Å². The van der Waals surface area contributed by atoms with Gasteiger partial charge in [-0.1, -0.05) is 43.7 Å². The van der Waals surface area contributed by atoms with Gasteiger partial charge in [-0.15, -0.1) is 12.4 Å². The molecule has 0 bridgehead atoms. The molecule has 1 aromatic carbocycles. The summed E-state index contributed by atoms with van der Waals surface area (Å²) in [6.07, 6.45) is 0. The topological polar surface area (TPSA) is 55.1 Å². The van der Waals surface area contributed by atoms with E-state index in [1.54, 1.807) is 0 Å². The van der Waals surface area contributed by atoms with Crippen molar-refractivity contribution in [2.75, 3.05) is 0 Å². The van der Waals surface area contributed by atoms with Gasteiger partial charge in [0.25, 0.3) is 0 Å². The van der Waals surface area contributed by atoms with Crippen molar-refractivity contribution in [3.63, 3.8) is 0 Å². The van der Waals surface area contributed by atoms with Gasteiger partial charge in [-0.25, -0.2) is 0 Å². The third kappa shape index (κ3) is 4.67. The van der Waals surface area contributed by atoms with E-state index in [1.165, 1.54) is 5.56 Å². The van der Waals surface area contributed by atoms with Crippen LogP contribution < -0.4 is 11.1 Å².